The molecule has 1 aliphatic heterocycles. The molecule has 0 bridgehead atoms. The minimum atomic E-state index is -0.165. The van der Waals surface area contributed by atoms with Crippen LogP contribution >= 0.6 is 0 Å². The van der Waals surface area contributed by atoms with Gasteiger partial charge >= 0.3 is 6.09 Å². The summed E-state index contributed by atoms with van der Waals surface area (Å²) in [5.41, 5.74) is 1.98. The van der Waals surface area contributed by atoms with Gasteiger partial charge in [-0.05, 0) is 61.1 Å². The standard InChI is InChI=1S/C21H30N2O2/c1-21(2,3)16-25-20(24)23-12-10-17(11-13-23)6-4-7-18-8-5-9-19(14-18)15-22/h5,8-9,14,17H,4,6-7,10-13,16H2,1-3H3. The van der Waals surface area contributed by atoms with Crippen LogP contribution in [0.4, 0.5) is 4.79 Å². The zero-order chi connectivity index (χ0) is 18.3. The van der Waals surface area contributed by atoms with Gasteiger partial charge in [0.05, 0.1) is 18.2 Å². The number of aryl methyl sites for hydroxylation is 1. The van der Waals surface area contributed by atoms with E-state index in [1.807, 2.05) is 23.1 Å². The van der Waals surface area contributed by atoms with Crippen molar-refractivity contribution in [2.45, 2.75) is 52.9 Å². The van der Waals surface area contributed by atoms with E-state index >= 15 is 0 Å². The number of benzene rings is 1. The first kappa shape index (κ1) is 19.3. The molecule has 1 amide bonds. The molecule has 0 radical (unpaired) electrons. The van der Waals surface area contributed by atoms with Gasteiger partial charge in [0.25, 0.3) is 0 Å². The number of carbonyl (C=O) groups is 1. The van der Waals surface area contributed by atoms with Crippen LogP contribution in [0.3, 0.4) is 0 Å². The van der Waals surface area contributed by atoms with Gasteiger partial charge in [-0.25, -0.2) is 4.79 Å². The number of piperidine rings is 1. The largest absolute Gasteiger partial charge is 0.449 e. The molecule has 1 fully saturated rings. The average Bonchev–Trinajstić information content (AvgIpc) is 2.60. The monoisotopic (exact) mass is 342 g/mol. The first-order chi connectivity index (χ1) is 11.9. The van der Waals surface area contributed by atoms with Crippen molar-refractivity contribution < 1.29 is 9.53 Å². The topological polar surface area (TPSA) is 53.3 Å². The third-order valence-electron chi connectivity index (χ3n) is 4.64. The van der Waals surface area contributed by atoms with Gasteiger partial charge in [0.2, 0.25) is 0 Å². The van der Waals surface area contributed by atoms with Gasteiger partial charge < -0.3 is 9.64 Å². The summed E-state index contributed by atoms with van der Waals surface area (Å²) >= 11 is 0. The number of carbonyl (C=O) groups excluding carboxylic acids is 1. The van der Waals surface area contributed by atoms with Gasteiger partial charge in [-0.1, -0.05) is 32.9 Å². The fourth-order valence-corrected chi connectivity index (χ4v) is 3.16. The molecule has 0 aromatic heterocycles. The van der Waals surface area contributed by atoms with Crippen LogP contribution in [-0.4, -0.2) is 30.7 Å². The third kappa shape index (κ3) is 6.78. The van der Waals surface area contributed by atoms with E-state index in [1.165, 1.54) is 12.0 Å². The van der Waals surface area contributed by atoms with Crippen LogP contribution in [0, 0.1) is 22.7 Å². The summed E-state index contributed by atoms with van der Waals surface area (Å²) in [7, 11) is 0. The Bertz CT molecular complexity index is 605. The van der Waals surface area contributed by atoms with E-state index in [-0.39, 0.29) is 11.5 Å². The lowest BCUT2D eigenvalue weighted by Gasteiger charge is -2.32. The molecule has 1 aliphatic rings. The van der Waals surface area contributed by atoms with Crippen LogP contribution in [0.15, 0.2) is 24.3 Å². The molecule has 4 heteroatoms. The van der Waals surface area contributed by atoms with E-state index in [0.717, 1.165) is 44.3 Å². The molecule has 0 atom stereocenters. The minimum absolute atomic E-state index is 0.0107. The average molecular weight is 342 g/mol. The van der Waals surface area contributed by atoms with Crippen LogP contribution in [0.2, 0.25) is 0 Å². The first-order valence-corrected chi connectivity index (χ1v) is 9.28. The number of nitrogens with zero attached hydrogens (tertiary/aromatic N) is 2. The maximum Gasteiger partial charge on any atom is 0.409 e. The van der Waals surface area contributed by atoms with Crippen LogP contribution in [0.5, 0.6) is 0 Å². The van der Waals surface area contributed by atoms with Gasteiger partial charge in [0.15, 0.2) is 0 Å². The molecule has 1 saturated heterocycles. The summed E-state index contributed by atoms with van der Waals surface area (Å²) in [6, 6.07) is 10.1. The van der Waals surface area contributed by atoms with Gasteiger partial charge in [-0.3, -0.25) is 0 Å². The maximum atomic E-state index is 12.1. The van der Waals surface area contributed by atoms with Crippen molar-refractivity contribution in [3.8, 4) is 6.07 Å². The SMILES string of the molecule is CC(C)(C)COC(=O)N1CCC(CCCc2cccc(C#N)c2)CC1. The van der Waals surface area contributed by atoms with Gasteiger partial charge in [0.1, 0.15) is 0 Å². The smallest absolute Gasteiger partial charge is 0.409 e. The Morgan fingerprint density at radius 3 is 2.68 bits per heavy atom. The van der Waals surface area contributed by atoms with Crippen molar-refractivity contribution in [2.75, 3.05) is 19.7 Å². The summed E-state index contributed by atoms with van der Waals surface area (Å²) < 4.78 is 5.40. The van der Waals surface area contributed by atoms with Crippen molar-refractivity contribution >= 4 is 6.09 Å². The molecule has 0 aliphatic carbocycles. The molecule has 0 saturated carbocycles. The Balaban J connectivity index is 1.66. The van der Waals surface area contributed by atoms with Crippen molar-refractivity contribution in [1.82, 2.24) is 4.90 Å². The second-order valence-corrected chi connectivity index (χ2v) is 8.25. The molecule has 136 valence electrons. The first-order valence-electron chi connectivity index (χ1n) is 9.28. The van der Waals surface area contributed by atoms with Crippen LogP contribution in [-0.2, 0) is 11.2 Å². The van der Waals surface area contributed by atoms with E-state index in [0.29, 0.717) is 12.5 Å². The quantitative estimate of drug-likeness (QED) is 0.774. The molecular formula is C21H30N2O2. The van der Waals surface area contributed by atoms with Gasteiger partial charge in [-0.15, -0.1) is 0 Å². The number of nitriles is 1. The van der Waals surface area contributed by atoms with E-state index in [1.54, 1.807) is 0 Å². The Labute approximate surface area is 151 Å². The summed E-state index contributed by atoms with van der Waals surface area (Å²) in [6.45, 7) is 8.28. The van der Waals surface area contributed by atoms with Crippen molar-refractivity contribution in [3.05, 3.63) is 35.4 Å². The minimum Gasteiger partial charge on any atom is -0.449 e. The van der Waals surface area contributed by atoms with Crippen molar-refractivity contribution in [1.29, 1.82) is 5.26 Å². The van der Waals surface area contributed by atoms with E-state index in [9.17, 15) is 4.79 Å². The Morgan fingerprint density at radius 1 is 1.32 bits per heavy atom. The third-order valence-corrected chi connectivity index (χ3v) is 4.64. The fraction of sp³-hybridized carbons (Fsp3) is 0.619. The zero-order valence-electron chi connectivity index (χ0n) is 15.8. The number of hydrogen-bond donors (Lipinski definition) is 0. The summed E-state index contributed by atoms with van der Waals surface area (Å²) in [4.78, 5) is 13.9. The predicted molar refractivity (Wildman–Crippen MR) is 99.2 cm³/mol. The molecule has 1 heterocycles. The van der Waals surface area contributed by atoms with E-state index in [2.05, 4.69) is 32.9 Å². The highest BCUT2D eigenvalue weighted by Crippen LogP contribution is 2.24. The lowest BCUT2D eigenvalue weighted by atomic mass is 9.91. The molecular weight excluding hydrogens is 312 g/mol. The highest BCUT2D eigenvalue weighted by molar-refractivity contribution is 5.67. The highest BCUT2D eigenvalue weighted by Gasteiger charge is 2.24. The number of amides is 1. The lowest BCUT2D eigenvalue weighted by Crippen LogP contribution is -2.39. The number of ether oxygens (including phenoxy) is 1. The van der Waals surface area contributed by atoms with Crippen LogP contribution in [0.25, 0.3) is 0 Å². The summed E-state index contributed by atoms with van der Waals surface area (Å²) in [5.74, 6) is 0.686. The molecule has 0 spiro atoms. The molecule has 0 unspecified atom stereocenters. The van der Waals surface area contributed by atoms with E-state index in [4.69, 9.17) is 10.00 Å². The van der Waals surface area contributed by atoms with Crippen molar-refractivity contribution in [3.63, 3.8) is 0 Å². The van der Waals surface area contributed by atoms with Crippen LogP contribution in [0.1, 0.15) is 57.6 Å². The number of hydrogen-bond acceptors (Lipinski definition) is 3. The van der Waals surface area contributed by atoms with Crippen LogP contribution < -0.4 is 0 Å². The predicted octanol–water partition coefficient (Wildman–Crippen LogP) is 4.78. The maximum absolute atomic E-state index is 12.1. The van der Waals surface area contributed by atoms with E-state index < -0.39 is 0 Å². The molecule has 2 rings (SSSR count). The lowest BCUT2D eigenvalue weighted by molar-refractivity contribution is 0.0614. The fourth-order valence-electron chi connectivity index (χ4n) is 3.16. The molecule has 1 aromatic carbocycles. The van der Waals surface area contributed by atoms with Gasteiger partial charge in [0, 0.05) is 13.1 Å². The Kier molecular flexibility index (Phi) is 6.87. The molecule has 25 heavy (non-hydrogen) atoms. The second-order valence-electron chi connectivity index (χ2n) is 8.25. The molecule has 0 N–H and O–H groups in total. The highest BCUT2D eigenvalue weighted by atomic mass is 16.6. The zero-order valence-corrected chi connectivity index (χ0v) is 15.8. The molecule has 1 aromatic rings. The summed E-state index contributed by atoms with van der Waals surface area (Å²) in [5, 5.41) is 8.95. The normalized spacial score (nSPS) is 15.7. The van der Waals surface area contributed by atoms with Crippen molar-refractivity contribution in [2.24, 2.45) is 11.3 Å². The summed E-state index contributed by atoms with van der Waals surface area (Å²) in [6.07, 6.45) is 5.28. The molecule has 4 nitrogen and oxygen atoms in total. The number of likely N-dealkylation sites (tertiary alicyclic amines) is 1. The second kappa shape index (κ2) is 8.89. The Morgan fingerprint density at radius 2 is 2.04 bits per heavy atom. The van der Waals surface area contributed by atoms with Gasteiger partial charge in [-0.2, -0.15) is 5.26 Å². The number of rotatable bonds is 5. The Hall–Kier alpha value is -2.02.